The van der Waals surface area contributed by atoms with E-state index in [9.17, 15) is 0 Å². The van der Waals surface area contributed by atoms with Crippen LogP contribution in [0.3, 0.4) is 0 Å². The van der Waals surface area contributed by atoms with Crippen LogP contribution in [-0.2, 0) is 0 Å². The molecule has 0 radical (unpaired) electrons. The van der Waals surface area contributed by atoms with Crippen molar-refractivity contribution in [2.75, 3.05) is 33.7 Å². The molecule has 1 rings (SSSR count). The first-order valence-corrected chi connectivity index (χ1v) is 6.46. The van der Waals surface area contributed by atoms with Crippen molar-refractivity contribution in [1.82, 2.24) is 10.2 Å². The summed E-state index contributed by atoms with van der Waals surface area (Å²) in [6.45, 7) is 8.37. The van der Waals surface area contributed by atoms with Crippen molar-refractivity contribution in [2.24, 2.45) is 17.8 Å². The smallest absolute Gasteiger partial charge is 0.00213 e. The zero-order valence-electron chi connectivity index (χ0n) is 10.9. The number of nitrogens with one attached hydrogen (secondary N) is 1. The third kappa shape index (κ3) is 4.52. The monoisotopic (exact) mass is 212 g/mol. The normalized spacial score (nSPS) is 19.6. The van der Waals surface area contributed by atoms with E-state index >= 15 is 0 Å². The summed E-state index contributed by atoms with van der Waals surface area (Å²) in [5.74, 6) is 2.57. The molecule has 0 aromatic heterocycles. The summed E-state index contributed by atoms with van der Waals surface area (Å²) in [4.78, 5) is 2.53. The summed E-state index contributed by atoms with van der Waals surface area (Å²) in [5, 5.41) is 3.31. The Bertz CT molecular complexity index is 164. The second-order valence-electron chi connectivity index (χ2n) is 5.58. The molecule has 0 aromatic carbocycles. The van der Waals surface area contributed by atoms with E-state index in [1.807, 2.05) is 0 Å². The predicted molar refractivity (Wildman–Crippen MR) is 67.1 cm³/mol. The highest BCUT2D eigenvalue weighted by Gasteiger charge is 2.21. The molecule has 0 amide bonds. The fourth-order valence-corrected chi connectivity index (χ4v) is 2.36. The molecule has 1 N–H and O–H groups in total. The van der Waals surface area contributed by atoms with E-state index in [2.05, 4.69) is 38.2 Å². The van der Waals surface area contributed by atoms with Crippen LogP contribution >= 0.6 is 0 Å². The Balaban J connectivity index is 2.22. The van der Waals surface area contributed by atoms with Gasteiger partial charge in [0.1, 0.15) is 0 Å². The van der Waals surface area contributed by atoms with E-state index in [0.29, 0.717) is 0 Å². The molecule has 0 aliphatic heterocycles. The van der Waals surface area contributed by atoms with Crippen LogP contribution in [-0.4, -0.2) is 38.6 Å². The first kappa shape index (κ1) is 13.0. The minimum absolute atomic E-state index is 0.779. The molecule has 1 aliphatic carbocycles. The van der Waals surface area contributed by atoms with Crippen molar-refractivity contribution in [3.63, 3.8) is 0 Å². The highest BCUT2D eigenvalue weighted by Crippen LogP contribution is 2.27. The lowest BCUT2D eigenvalue weighted by Gasteiger charge is -2.33. The van der Waals surface area contributed by atoms with Crippen molar-refractivity contribution < 1.29 is 0 Å². The Morgan fingerprint density at radius 1 is 1.33 bits per heavy atom. The standard InChI is InChI=1S/C13H28N2/c1-11(2)13(8-14-3)10-15(4)9-12-6-5-7-12/h11-14H,5-10H2,1-4H3. The second kappa shape index (κ2) is 6.49. The number of nitrogens with zero attached hydrogens (tertiary/aromatic N) is 1. The van der Waals surface area contributed by atoms with Gasteiger partial charge in [-0.15, -0.1) is 0 Å². The Morgan fingerprint density at radius 2 is 2.00 bits per heavy atom. The van der Waals surface area contributed by atoms with E-state index in [-0.39, 0.29) is 0 Å². The van der Waals surface area contributed by atoms with Gasteiger partial charge in [0.05, 0.1) is 0 Å². The molecule has 1 unspecified atom stereocenters. The summed E-state index contributed by atoms with van der Waals surface area (Å²) in [5.41, 5.74) is 0. The summed E-state index contributed by atoms with van der Waals surface area (Å²) >= 11 is 0. The van der Waals surface area contributed by atoms with Gasteiger partial charge in [0.15, 0.2) is 0 Å². The number of rotatable bonds is 7. The lowest BCUT2D eigenvalue weighted by atomic mass is 9.85. The molecule has 2 nitrogen and oxygen atoms in total. The van der Waals surface area contributed by atoms with Crippen molar-refractivity contribution in [3.8, 4) is 0 Å². The Morgan fingerprint density at radius 3 is 2.40 bits per heavy atom. The topological polar surface area (TPSA) is 15.3 Å². The maximum atomic E-state index is 3.31. The molecule has 15 heavy (non-hydrogen) atoms. The molecule has 2 heteroatoms. The van der Waals surface area contributed by atoms with Crippen LogP contribution in [0.15, 0.2) is 0 Å². The van der Waals surface area contributed by atoms with Crippen molar-refractivity contribution in [1.29, 1.82) is 0 Å². The molecule has 0 saturated heterocycles. The van der Waals surface area contributed by atoms with Gasteiger partial charge in [-0.25, -0.2) is 0 Å². The van der Waals surface area contributed by atoms with Crippen LogP contribution in [0.2, 0.25) is 0 Å². The Kier molecular flexibility index (Phi) is 5.62. The molecule has 1 fully saturated rings. The van der Waals surface area contributed by atoms with Crippen LogP contribution in [0.1, 0.15) is 33.1 Å². The van der Waals surface area contributed by atoms with Gasteiger partial charge >= 0.3 is 0 Å². The zero-order chi connectivity index (χ0) is 11.3. The summed E-state index contributed by atoms with van der Waals surface area (Å²) in [6.07, 6.45) is 4.38. The third-order valence-corrected chi connectivity index (χ3v) is 3.75. The molecular formula is C13H28N2. The van der Waals surface area contributed by atoms with Gasteiger partial charge in [0.2, 0.25) is 0 Å². The van der Waals surface area contributed by atoms with Gasteiger partial charge in [0, 0.05) is 13.1 Å². The molecule has 0 aromatic rings. The van der Waals surface area contributed by atoms with E-state index in [0.717, 1.165) is 24.3 Å². The minimum Gasteiger partial charge on any atom is -0.319 e. The van der Waals surface area contributed by atoms with Crippen molar-refractivity contribution >= 4 is 0 Å². The van der Waals surface area contributed by atoms with Crippen LogP contribution in [0.4, 0.5) is 0 Å². The molecule has 90 valence electrons. The quantitative estimate of drug-likeness (QED) is 0.696. The van der Waals surface area contributed by atoms with Crippen LogP contribution in [0.25, 0.3) is 0 Å². The Hall–Kier alpha value is -0.0800. The lowest BCUT2D eigenvalue weighted by molar-refractivity contribution is 0.169. The molecule has 0 heterocycles. The molecule has 1 saturated carbocycles. The van der Waals surface area contributed by atoms with E-state index < -0.39 is 0 Å². The maximum absolute atomic E-state index is 3.31. The minimum atomic E-state index is 0.779. The largest absolute Gasteiger partial charge is 0.319 e. The van der Waals surface area contributed by atoms with Crippen molar-refractivity contribution in [3.05, 3.63) is 0 Å². The molecular weight excluding hydrogens is 184 g/mol. The van der Waals surface area contributed by atoms with Gasteiger partial charge in [-0.2, -0.15) is 0 Å². The summed E-state index contributed by atoms with van der Waals surface area (Å²) in [6, 6.07) is 0. The van der Waals surface area contributed by atoms with Gasteiger partial charge in [-0.1, -0.05) is 20.3 Å². The lowest BCUT2D eigenvalue weighted by Crippen LogP contribution is -2.37. The molecule has 1 atom stereocenters. The van der Waals surface area contributed by atoms with Gasteiger partial charge in [-0.3, -0.25) is 0 Å². The number of hydrogen-bond donors (Lipinski definition) is 1. The van der Waals surface area contributed by atoms with Gasteiger partial charge in [-0.05, 0) is 51.2 Å². The van der Waals surface area contributed by atoms with E-state index in [1.165, 1.54) is 32.4 Å². The zero-order valence-corrected chi connectivity index (χ0v) is 10.9. The summed E-state index contributed by atoms with van der Waals surface area (Å²) < 4.78 is 0. The molecule has 0 spiro atoms. The van der Waals surface area contributed by atoms with E-state index in [4.69, 9.17) is 0 Å². The van der Waals surface area contributed by atoms with Crippen LogP contribution < -0.4 is 5.32 Å². The fraction of sp³-hybridized carbons (Fsp3) is 1.00. The average Bonchev–Trinajstić information content (AvgIpc) is 2.10. The SMILES string of the molecule is CNCC(CN(C)CC1CCC1)C(C)C. The summed E-state index contributed by atoms with van der Waals surface area (Å²) in [7, 11) is 4.34. The van der Waals surface area contributed by atoms with Gasteiger partial charge in [0.25, 0.3) is 0 Å². The van der Waals surface area contributed by atoms with Crippen LogP contribution in [0, 0.1) is 17.8 Å². The highest BCUT2D eigenvalue weighted by atomic mass is 15.1. The van der Waals surface area contributed by atoms with Crippen LogP contribution in [0.5, 0.6) is 0 Å². The third-order valence-electron chi connectivity index (χ3n) is 3.75. The molecule has 1 aliphatic rings. The fourth-order valence-electron chi connectivity index (χ4n) is 2.36. The van der Waals surface area contributed by atoms with Gasteiger partial charge < -0.3 is 10.2 Å². The average molecular weight is 212 g/mol. The second-order valence-corrected chi connectivity index (χ2v) is 5.58. The molecule has 0 bridgehead atoms. The number of hydrogen-bond acceptors (Lipinski definition) is 2. The highest BCUT2D eigenvalue weighted by molar-refractivity contribution is 4.75. The predicted octanol–water partition coefficient (Wildman–Crippen LogP) is 2.21. The first-order valence-electron chi connectivity index (χ1n) is 6.46. The van der Waals surface area contributed by atoms with Crippen molar-refractivity contribution in [2.45, 2.75) is 33.1 Å². The Labute approximate surface area is 95.4 Å². The first-order chi connectivity index (χ1) is 7.13. The van der Waals surface area contributed by atoms with E-state index in [1.54, 1.807) is 0 Å². The maximum Gasteiger partial charge on any atom is 0.00213 e.